The molecule has 0 aliphatic carbocycles. The minimum atomic E-state index is -4.79. The highest BCUT2D eigenvalue weighted by molar-refractivity contribution is 6.05. The Morgan fingerprint density at radius 2 is 1.89 bits per heavy atom. The number of halogens is 4. The molecule has 2 aromatic carbocycles. The summed E-state index contributed by atoms with van der Waals surface area (Å²) in [5.74, 6) is -2.72. The maximum Gasteiger partial charge on any atom is 0.416 e. The van der Waals surface area contributed by atoms with Crippen molar-refractivity contribution in [2.45, 2.75) is 12.6 Å². The highest BCUT2D eigenvalue weighted by Crippen LogP contribution is 2.32. The first-order chi connectivity index (χ1) is 12.7. The predicted molar refractivity (Wildman–Crippen MR) is 89.3 cm³/mol. The van der Waals surface area contributed by atoms with E-state index in [1.165, 1.54) is 13.2 Å². The summed E-state index contributed by atoms with van der Waals surface area (Å²) in [7, 11) is 1.22. The second kappa shape index (κ2) is 6.90. The van der Waals surface area contributed by atoms with Crippen LogP contribution in [0.3, 0.4) is 0 Å². The highest BCUT2D eigenvalue weighted by Gasteiger charge is 2.32. The number of benzene rings is 2. The number of rotatable bonds is 3. The van der Waals surface area contributed by atoms with Gasteiger partial charge in [0.25, 0.3) is 5.91 Å². The van der Waals surface area contributed by atoms with E-state index in [-0.39, 0.29) is 11.3 Å². The van der Waals surface area contributed by atoms with Crippen molar-refractivity contribution in [2.75, 3.05) is 24.3 Å². The summed E-state index contributed by atoms with van der Waals surface area (Å²) in [5, 5.41) is 5.44. The molecule has 0 radical (unpaired) electrons. The first-order valence-corrected chi connectivity index (χ1v) is 7.87. The molecule has 3 rings (SSSR count). The van der Waals surface area contributed by atoms with Crippen LogP contribution in [0.1, 0.15) is 31.8 Å². The highest BCUT2D eigenvalue weighted by atomic mass is 19.4. The number of fused-ring (bicyclic) bond motifs is 1. The number of amides is 1. The van der Waals surface area contributed by atoms with E-state index >= 15 is 0 Å². The molecule has 0 saturated heterocycles. The molecule has 5 nitrogen and oxygen atoms in total. The number of hydrogen-bond acceptors (Lipinski definition) is 4. The number of anilines is 2. The molecular formula is C18H14F4N2O3. The zero-order valence-electron chi connectivity index (χ0n) is 14.0. The molecule has 2 N–H and O–H groups in total. The van der Waals surface area contributed by atoms with Gasteiger partial charge in [0.15, 0.2) is 0 Å². The molecule has 9 heteroatoms. The van der Waals surface area contributed by atoms with Crippen LogP contribution in [0.25, 0.3) is 0 Å². The van der Waals surface area contributed by atoms with Crippen LogP contribution in [-0.4, -0.2) is 25.5 Å². The Kier molecular flexibility index (Phi) is 4.77. The molecule has 0 fully saturated rings. The predicted octanol–water partition coefficient (Wildman–Crippen LogP) is 3.85. The number of carbonyl (C=O) groups is 2. The molecular weight excluding hydrogens is 368 g/mol. The van der Waals surface area contributed by atoms with Crippen molar-refractivity contribution in [3.05, 3.63) is 58.4 Å². The van der Waals surface area contributed by atoms with E-state index in [0.717, 1.165) is 5.56 Å². The number of esters is 1. The zero-order chi connectivity index (χ0) is 19.8. The molecule has 0 spiro atoms. The molecule has 1 amide bonds. The molecule has 2 aromatic rings. The number of carbonyl (C=O) groups excluding carboxylic acids is 2. The van der Waals surface area contributed by atoms with Gasteiger partial charge in [-0.05, 0) is 42.3 Å². The minimum Gasteiger partial charge on any atom is -0.465 e. The van der Waals surface area contributed by atoms with E-state index in [1.54, 1.807) is 6.07 Å². The van der Waals surface area contributed by atoms with Gasteiger partial charge in [-0.15, -0.1) is 0 Å². The third kappa shape index (κ3) is 3.86. The summed E-state index contributed by atoms with van der Waals surface area (Å²) < 4.78 is 56.7. The van der Waals surface area contributed by atoms with E-state index in [9.17, 15) is 27.2 Å². The monoisotopic (exact) mass is 382 g/mol. The summed E-state index contributed by atoms with van der Waals surface area (Å²) in [6.07, 6.45) is -4.19. The Hall–Kier alpha value is -3.10. The van der Waals surface area contributed by atoms with Gasteiger partial charge in [-0.2, -0.15) is 13.2 Å². The Morgan fingerprint density at radius 3 is 2.56 bits per heavy atom. The van der Waals surface area contributed by atoms with Gasteiger partial charge in [-0.3, -0.25) is 4.79 Å². The first kappa shape index (κ1) is 18.7. The van der Waals surface area contributed by atoms with Crippen molar-refractivity contribution in [1.82, 2.24) is 0 Å². The average molecular weight is 382 g/mol. The fourth-order valence-electron chi connectivity index (χ4n) is 2.87. The fourth-order valence-corrected chi connectivity index (χ4v) is 2.87. The summed E-state index contributed by atoms with van der Waals surface area (Å²) in [5.41, 5.74) is -0.000742. The van der Waals surface area contributed by atoms with Crippen molar-refractivity contribution < 1.29 is 31.9 Å². The fraction of sp³-hybridized carbons (Fsp3) is 0.222. The Labute approximate surface area is 151 Å². The topological polar surface area (TPSA) is 67.4 Å². The molecule has 1 heterocycles. The van der Waals surface area contributed by atoms with Gasteiger partial charge in [0.1, 0.15) is 5.82 Å². The Morgan fingerprint density at radius 1 is 1.15 bits per heavy atom. The first-order valence-electron chi connectivity index (χ1n) is 7.87. The van der Waals surface area contributed by atoms with Gasteiger partial charge in [0, 0.05) is 23.5 Å². The third-order valence-corrected chi connectivity index (χ3v) is 4.09. The van der Waals surface area contributed by atoms with Crippen LogP contribution in [0.5, 0.6) is 0 Å². The lowest BCUT2D eigenvalue weighted by atomic mass is 10.0. The summed E-state index contributed by atoms with van der Waals surface area (Å²) >= 11 is 0. The van der Waals surface area contributed by atoms with E-state index in [0.29, 0.717) is 36.9 Å². The molecule has 0 bridgehead atoms. The lowest BCUT2D eigenvalue weighted by Crippen LogP contribution is -2.15. The Balaban J connectivity index is 1.93. The standard InChI is InChI=1S/C18H14F4N2O3/c1-27-17(26)14-7-12(8-15-13(14)2-3-23-15)24-16(25)9-4-10(18(20,21)22)6-11(19)5-9/h4-8,23H,2-3H2,1H3,(H,24,25). The minimum absolute atomic E-state index is 0.173. The summed E-state index contributed by atoms with van der Waals surface area (Å²) in [6, 6.07) is 4.50. The van der Waals surface area contributed by atoms with Crippen LogP contribution in [0.15, 0.2) is 30.3 Å². The zero-order valence-corrected chi connectivity index (χ0v) is 14.0. The molecule has 142 valence electrons. The van der Waals surface area contributed by atoms with Gasteiger partial charge in [0.2, 0.25) is 0 Å². The van der Waals surface area contributed by atoms with Gasteiger partial charge < -0.3 is 15.4 Å². The third-order valence-electron chi connectivity index (χ3n) is 4.09. The number of alkyl halides is 3. The maximum absolute atomic E-state index is 13.5. The SMILES string of the molecule is COC(=O)c1cc(NC(=O)c2cc(F)cc(C(F)(F)F)c2)cc2c1CCN2. The van der Waals surface area contributed by atoms with E-state index < -0.39 is 35.0 Å². The molecule has 0 saturated carbocycles. The average Bonchev–Trinajstić information content (AvgIpc) is 3.07. The van der Waals surface area contributed by atoms with Crippen molar-refractivity contribution >= 4 is 23.3 Å². The molecule has 0 aromatic heterocycles. The van der Waals surface area contributed by atoms with E-state index in [4.69, 9.17) is 4.74 Å². The Bertz CT molecular complexity index is 926. The molecule has 0 atom stereocenters. The quantitative estimate of drug-likeness (QED) is 0.625. The van der Waals surface area contributed by atoms with E-state index in [2.05, 4.69) is 10.6 Å². The van der Waals surface area contributed by atoms with Gasteiger partial charge in [0.05, 0.1) is 18.2 Å². The number of methoxy groups -OCH3 is 1. The number of ether oxygens (including phenoxy) is 1. The smallest absolute Gasteiger partial charge is 0.416 e. The number of hydrogen-bond donors (Lipinski definition) is 2. The van der Waals surface area contributed by atoms with Crippen molar-refractivity contribution in [1.29, 1.82) is 0 Å². The van der Waals surface area contributed by atoms with Gasteiger partial charge in [-0.25, -0.2) is 9.18 Å². The van der Waals surface area contributed by atoms with Crippen LogP contribution in [0.4, 0.5) is 28.9 Å². The normalized spacial score (nSPS) is 12.9. The van der Waals surface area contributed by atoms with Gasteiger partial charge in [-0.1, -0.05) is 0 Å². The summed E-state index contributed by atoms with van der Waals surface area (Å²) in [4.78, 5) is 24.3. The lowest BCUT2D eigenvalue weighted by Gasteiger charge is -2.13. The van der Waals surface area contributed by atoms with Crippen LogP contribution < -0.4 is 10.6 Å². The van der Waals surface area contributed by atoms with Crippen LogP contribution >= 0.6 is 0 Å². The van der Waals surface area contributed by atoms with Crippen LogP contribution in [0, 0.1) is 5.82 Å². The molecule has 1 aliphatic rings. The lowest BCUT2D eigenvalue weighted by molar-refractivity contribution is -0.137. The van der Waals surface area contributed by atoms with Crippen LogP contribution in [-0.2, 0) is 17.3 Å². The van der Waals surface area contributed by atoms with Crippen molar-refractivity contribution in [3.63, 3.8) is 0 Å². The second-order valence-electron chi connectivity index (χ2n) is 5.90. The van der Waals surface area contributed by atoms with Gasteiger partial charge >= 0.3 is 12.1 Å². The maximum atomic E-state index is 13.5. The number of nitrogens with one attached hydrogen (secondary N) is 2. The van der Waals surface area contributed by atoms with E-state index in [1.807, 2.05) is 0 Å². The molecule has 0 unspecified atom stereocenters. The van der Waals surface area contributed by atoms with Crippen molar-refractivity contribution in [2.24, 2.45) is 0 Å². The van der Waals surface area contributed by atoms with Crippen LogP contribution in [0.2, 0.25) is 0 Å². The van der Waals surface area contributed by atoms with Crippen molar-refractivity contribution in [3.8, 4) is 0 Å². The summed E-state index contributed by atoms with van der Waals surface area (Å²) in [6.45, 7) is 0.593. The largest absolute Gasteiger partial charge is 0.465 e. The molecule has 1 aliphatic heterocycles. The second-order valence-corrected chi connectivity index (χ2v) is 5.90. The molecule has 27 heavy (non-hydrogen) atoms.